The predicted octanol–water partition coefficient (Wildman–Crippen LogP) is 4.24. The number of benzene rings is 1. The number of aromatic amines is 2. The Bertz CT molecular complexity index is 1170. The molecular weight excluding hydrogens is 312 g/mol. The summed E-state index contributed by atoms with van der Waals surface area (Å²) in [6.45, 7) is 9.49. The molecule has 4 aromatic rings. The number of nitrogens with zero attached hydrogens (tertiary/aromatic N) is 4. The van der Waals surface area contributed by atoms with Crippen LogP contribution in [0.5, 0.6) is 0 Å². The van der Waals surface area contributed by atoms with Crippen LogP contribution in [0.2, 0.25) is 0 Å². The summed E-state index contributed by atoms with van der Waals surface area (Å²) >= 11 is 0. The van der Waals surface area contributed by atoms with Gasteiger partial charge in [0.2, 0.25) is 0 Å². The van der Waals surface area contributed by atoms with E-state index in [-0.39, 0.29) is 0 Å². The minimum atomic E-state index is 0.502. The van der Waals surface area contributed by atoms with Gasteiger partial charge in [-0.1, -0.05) is 6.57 Å². The van der Waals surface area contributed by atoms with Gasteiger partial charge in [0.15, 0.2) is 0 Å². The number of hydrogen-bond acceptors (Lipinski definition) is 3. The van der Waals surface area contributed by atoms with Crippen LogP contribution in [0.3, 0.4) is 0 Å². The fourth-order valence-electron chi connectivity index (χ4n) is 4.00. The van der Waals surface area contributed by atoms with Crippen molar-refractivity contribution in [2.45, 2.75) is 32.6 Å². The van der Waals surface area contributed by atoms with Crippen LogP contribution in [0.4, 0.5) is 5.82 Å². The van der Waals surface area contributed by atoms with Crippen LogP contribution >= 0.6 is 0 Å². The molecule has 25 heavy (non-hydrogen) atoms. The lowest BCUT2D eigenvalue weighted by Gasteiger charge is -2.21. The van der Waals surface area contributed by atoms with Crippen LogP contribution in [0.15, 0.2) is 18.3 Å². The van der Waals surface area contributed by atoms with Gasteiger partial charge in [-0.05, 0) is 55.9 Å². The van der Waals surface area contributed by atoms with E-state index in [1.807, 2.05) is 25.3 Å². The standard InChI is InChI=1S/C19H16N6/c1-10-13(9-21-23-10)18-12-6-4-3-5-11(12)16-14(22-18)7-8-15-17(16)19(20-2)25-24-15/h7-9H,3-6H2,1H3,(H,21,23)(H,24,25). The van der Waals surface area contributed by atoms with E-state index in [1.54, 1.807) is 0 Å². The molecule has 0 unspecified atom stereocenters. The molecule has 3 aromatic heterocycles. The molecule has 6 nitrogen and oxygen atoms in total. The lowest BCUT2D eigenvalue weighted by Crippen LogP contribution is -2.08. The van der Waals surface area contributed by atoms with E-state index in [4.69, 9.17) is 11.6 Å². The molecule has 0 aliphatic heterocycles. The monoisotopic (exact) mass is 328 g/mol. The van der Waals surface area contributed by atoms with Crippen LogP contribution in [-0.2, 0) is 12.8 Å². The van der Waals surface area contributed by atoms with Gasteiger partial charge in [-0.3, -0.25) is 5.10 Å². The molecule has 0 amide bonds. The van der Waals surface area contributed by atoms with E-state index in [0.29, 0.717) is 5.82 Å². The first-order valence-electron chi connectivity index (χ1n) is 8.48. The average molecular weight is 328 g/mol. The third-order valence-corrected chi connectivity index (χ3v) is 5.16. The van der Waals surface area contributed by atoms with E-state index in [1.165, 1.54) is 17.5 Å². The molecule has 0 saturated heterocycles. The number of rotatable bonds is 1. The second-order valence-electron chi connectivity index (χ2n) is 6.57. The van der Waals surface area contributed by atoms with E-state index >= 15 is 0 Å². The quantitative estimate of drug-likeness (QED) is 0.513. The molecule has 5 rings (SSSR count). The van der Waals surface area contributed by atoms with Crippen LogP contribution in [0.1, 0.15) is 29.7 Å². The van der Waals surface area contributed by atoms with Gasteiger partial charge in [-0.2, -0.15) is 5.10 Å². The van der Waals surface area contributed by atoms with Crippen molar-refractivity contribution in [3.8, 4) is 11.3 Å². The van der Waals surface area contributed by atoms with Crippen molar-refractivity contribution in [1.82, 2.24) is 25.4 Å². The molecule has 0 radical (unpaired) electrons. The molecule has 0 saturated carbocycles. The zero-order valence-corrected chi connectivity index (χ0v) is 13.8. The summed E-state index contributed by atoms with van der Waals surface area (Å²) in [5.74, 6) is 0.502. The Morgan fingerprint density at radius 2 is 1.84 bits per heavy atom. The molecule has 1 aliphatic rings. The van der Waals surface area contributed by atoms with Crippen molar-refractivity contribution >= 4 is 27.6 Å². The molecule has 0 fully saturated rings. The zero-order valence-electron chi connectivity index (χ0n) is 13.8. The third-order valence-electron chi connectivity index (χ3n) is 5.16. The van der Waals surface area contributed by atoms with E-state index in [2.05, 4.69) is 25.2 Å². The van der Waals surface area contributed by atoms with Gasteiger partial charge < -0.3 is 4.85 Å². The van der Waals surface area contributed by atoms with Gasteiger partial charge in [-0.25, -0.2) is 10.1 Å². The maximum absolute atomic E-state index is 7.46. The van der Waals surface area contributed by atoms with Gasteiger partial charge in [0.25, 0.3) is 5.82 Å². The Labute approximate surface area is 144 Å². The molecule has 1 aliphatic carbocycles. The molecular formula is C19H16N6. The Kier molecular flexibility index (Phi) is 2.92. The summed E-state index contributed by atoms with van der Waals surface area (Å²) in [5.41, 5.74) is 7.51. The van der Waals surface area contributed by atoms with Gasteiger partial charge in [0, 0.05) is 22.0 Å². The lowest BCUT2D eigenvalue weighted by atomic mass is 9.85. The van der Waals surface area contributed by atoms with Crippen molar-refractivity contribution in [3.05, 3.63) is 46.6 Å². The highest BCUT2D eigenvalue weighted by Gasteiger charge is 2.23. The fourth-order valence-corrected chi connectivity index (χ4v) is 4.00. The first-order valence-corrected chi connectivity index (χ1v) is 8.48. The van der Waals surface area contributed by atoms with Crippen molar-refractivity contribution < 1.29 is 0 Å². The van der Waals surface area contributed by atoms with Gasteiger partial charge >= 0.3 is 0 Å². The molecule has 122 valence electrons. The highest BCUT2D eigenvalue weighted by Crippen LogP contribution is 2.40. The number of H-pyrrole nitrogens is 2. The van der Waals surface area contributed by atoms with Crippen molar-refractivity contribution in [3.63, 3.8) is 0 Å². The Balaban J connectivity index is 1.96. The van der Waals surface area contributed by atoms with Gasteiger partial charge in [-0.15, -0.1) is 5.10 Å². The summed E-state index contributed by atoms with van der Waals surface area (Å²) in [7, 11) is 0. The first-order chi connectivity index (χ1) is 12.3. The first kappa shape index (κ1) is 14.2. The van der Waals surface area contributed by atoms with Crippen LogP contribution in [-0.4, -0.2) is 25.4 Å². The number of hydrogen-bond donors (Lipinski definition) is 2. The maximum Gasteiger partial charge on any atom is 0.258 e. The van der Waals surface area contributed by atoms with Crippen molar-refractivity contribution in [1.29, 1.82) is 0 Å². The SMILES string of the molecule is [C-]#[N+]c1[nH]nc2ccc3nc(-c4cn[nH]c4C)c4c(c3c12)CCCC4. The molecule has 0 atom stereocenters. The number of fused-ring (bicyclic) bond motifs is 5. The largest absolute Gasteiger partial charge is 0.362 e. The highest BCUT2D eigenvalue weighted by atomic mass is 15.2. The summed E-state index contributed by atoms with van der Waals surface area (Å²) in [6, 6.07) is 3.96. The smallest absolute Gasteiger partial charge is 0.258 e. The number of aromatic nitrogens is 5. The fraction of sp³-hybridized carbons (Fsp3) is 0.263. The molecule has 1 aromatic carbocycles. The number of nitrogens with one attached hydrogen (secondary N) is 2. The topological polar surface area (TPSA) is 74.6 Å². The van der Waals surface area contributed by atoms with Gasteiger partial charge in [0.1, 0.15) is 5.52 Å². The van der Waals surface area contributed by atoms with Crippen molar-refractivity contribution in [2.24, 2.45) is 0 Å². The lowest BCUT2D eigenvalue weighted by molar-refractivity contribution is 0.689. The summed E-state index contributed by atoms with van der Waals surface area (Å²) < 4.78 is 0. The molecule has 2 N–H and O–H groups in total. The highest BCUT2D eigenvalue weighted by molar-refractivity contribution is 6.13. The Morgan fingerprint density at radius 3 is 2.60 bits per heavy atom. The maximum atomic E-state index is 7.46. The van der Waals surface area contributed by atoms with Crippen molar-refractivity contribution in [2.75, 3.05) is 0 Å². The summed E-state index contributed by atoms with van der Waals surface area (Å²) in [4.78, 5) is 8.63. The normalized spacial score (nSPS) is 13.9. The predicted molar refractivity (Wildman–Crippen MR) is 96.6 cm³/mol. The summed E-state index contributed by atoms with van der Waals surface area (Å²) in [5, 5.41) is 16.4. The average Bonchev–Trinajstić information content (AvgIpc) is 3.26. The Morgan fingerprint density at radius 1 is 1.04 bits per heavy atom. The van der Waals surface area contributed by atoms with E-state index in [0.717, 1.165) is 58.0 Å². The summed E-state index contributed by atoms with van der Waals surface area (Å²) in [6.07, 6.45) is 6.22. The molecule has 3 heterocycles. The second-order valence-corrected chi connectivity index (χ2v) is 6.57. The van der Waals surface area contributed by atoms with Crippen LogP contribution in [0, 0.1) is 13.5 Å². The Hall–Kier alpha value is -3.20. The zero-order chi connectivity index (χ0) is 17.0. The second kappa shape index (κ2) is 5.15. The minimum absolute atomic E-state index is 0.502. The van der Waals surface area contributed by atoms with Crippen LogP contribution < -0.4 is 0 Å². The number of aryl methyl sites for hydroxylation is 2. The van der Waals surface area contributed by atoms with E-state index < -0.39 is 0 Å². The third kappa shape index (κ3) is 1.92. The van der Waals surface area contributed by atoms with E-state index in [9.17, 15) is 0 Å². The number of pyridine rings is 1. The van der Waals surface area contributed by atoms with Crippen LogP contribution in [0.25, 0.3) is 37.9 Å². The molecule has 0 spiro atoms. The molecule has 6 heteroatoms. The minimum Gasteiger partial charge on any atom is -0.362 e. The van der Waals surface area contributed by atoms with Gasteiger partial charge in [0.05, 0.1) is 17.4 Å². The molecule has 0 bridgehead atoms.